The molecule has 3 rings (SSSR count). The summed E-state index contributed by atoms with van der Waals surface area (Å²) in [5, 5.41) is 3.62. The Morgan fingerprint density at radius 1 is 1.05 bits per heavy atom. The van der Waals surface area contributed by atoms with Gasteiger partial charge in [0.05, 0.1) is 12.7 Å². The molecule has 5 atom stereocenters. The molecule has 0 aromatic carbocycles. The molecule has 0 aromatic heterocycles. The van der Waals surface area contributed by atoms with Crippen LogP contribution in [0, 0.1) is 11.3 Å². The van der Waals surface area contributed by atoms with Crippen LogP contribution in [0.3, 0.4) is 0 Å². The van der Waals surface area contributed by atoms with Gasteiger partial charge in [-0.25, -0.2) is 0 Å². The van der Waals surface area contributed by atoms with Crippen molar-refractivity contribution in [2.75, 3.05) is 20.2 Å². The smallest absolute Gasteiger partial charge is 0.0731 e. The van der Waals surface area contributed by atoms with Gasteiger partial charge in [-0.3, -0.25) is 4.90 Å². The largest absolute Gasteiger partial charge is 0.375 e. The maximum atomic E-state index is 6.02. The lowest BCUT2D eigenvalue weighted by Crippen LogP contribution is -2.60. The Morgan fingerprint density at radius 3 is 2.57 bits per heavy atom. The Bertz CT molecular complexity index is 352. The Hall–Kier alpha value is -0.120. The van der Waals surface area contributed by atoms with E-state index in [0.29, 0.717) is 29.6 Å². The average molecular weight is 294 g/mol. The highest BCUT2D eigenvalue weighted by Crippen LogP contribution is 2.41. The molecule has 3 fully saturated rings. The summed E-state index contributed by atoms with van der Waals surface area (Å²) in [6, 6.07) is 2.07. The first-order valence-corrected chi connectivity index (χ1v) is 9.05. The fourth-order valence-electron chi connectivity index (χ4n) is 5.00. The van der Waals surface area contributed by atoms with Crippen LogP contribution in [-0.2, 0) is 4.74 Å². The Kier molecular flexibility index (Phi) is 4.63. The number of nitrogens with zero attached hydrogens (tertiary/aromatic N) is 1. The van der Waals surface area contributed by atoms with Gasteiger partial charge in [0.15, 0.2) is 0 Å². The monoisotopic (exact) mass is 294 g/mol. The molecule has 1 N–H and O–H groups in total. The summed E-state index contributed by atoms with van der Waals surface area (Å²) >= 11 is 0. The van der Waals surface area contributed by atoms with Crippen LogP contribution in [0.2, 0.25) is 0 Å². The normalized spacial score (nSPS) is 42.0. The standard InChI is InChI=1S/C18H34N2O/c1-18(2,3)13-8-9-14(19-4)16(12-13)20-10-11-21-17-7-5-6-15(17)20/h13-17,19H,5-12H2,1-4H3. The molecule has 1 saturated heterocycles. The summed E-state index contributed by atoms with van der Waals surface area (Å²) in [6.45, 7) is 9.35. The van der Waals surface area contributed by atoms with Crippen molar-refractivity contribution in [3.63, 3.8) is 0 Å². The molecule has 2 aliphatic carbocycles. The molecule has 0 radical (unpaired) electrons. The molecule has 0 amide bonds. The van der Waals surface area contributed by atoms with Crippen molar-refractivity contribution in [3.05, 3.63) is 0 Å². The highest BCUT2D eigenvalue weighted by Gasteiger charge is 2.44. The van der Waals surface area contributed by atoms with E-state index < -0.39 is 0 Å². The third-order valence-electron chi connectivity index (χ3n) is 6.36. The van der Waals surface area contributed by atoms with Gasteiger partial charge < -0.3 is 10.1 Å². The summed E-state index contributed by atoms with van der Waals surface area (Å²) in [7, 11) is 2.15. The number of nitrogens with one attached hydrogen (secondary N) is 1. The first kappa shape index (κ1) is 15.8. The minimum atomic E-state index is 0.443. The third kappa shape index (κ3) is 3.16. The molecule has 21 heavy (non-hydrogen) atoms. The number of hydrogen-bond donors (Lipinski definition) is 1. The molecule has 3 heteroatoms. The number of morpholine rings is 1. The summed E-state index contributed by atoms with van der Waals surface area (Å²) in [5.41, 5.74) is 0.443. The van der Waals surface area contributed by atoms with Crippen molar-refractivity contribution < 1.29 is 4.74 Å². The van der Waals surface area contributed by atoms with Crippen LogP contribution < -0.4 is 5.32 Å². The highest BCUT2D eigenvalue weighted by atomic mass is 16.5. The fourth-order valence-corrected chi connectivity index (χ4v) is 5.00. The number of rotatable bonds is 2. The molecule has 0 aromatic rings. The zero-order valence-electron chi connectivity index (χ0n) is 14.4. The molecule has 1 aliphatic heterocycles. The van der Waals surface area contributed by atoms with Gasteiger partial charge in [-0.05, 0) is 56.9 Å². The van der Waals surface area contributed by atoms with Gasteiger partial charge >= 0.3 is 0 Å². The predicted octanol–water partition coefficient (Wildman–Crippen LogP) is 3.04. The molecular weight excluding hydrogens is 260 g/mol. The minimum Gasteiger partial charge on any atom is -0.375 e. The van der Waals surface area contributed by atoms with Gasteiger partial charge in [0.2, 0.25) is 0 Å². The van der Waals surface area contributed by atoms with Crippen LogP contribution >= 0.6 is 0 Å². The predicted molar refractivity (Wildman–Crippen MR) is 87.5 cm³/mol. The second kappa shape index (κ2) is 6.17. The van der Waals surface area contributed by atoms with Gasteiger partial charge in [0, 0.05) is 24.7 Å². The van der Waals surface area contributed by atoms with Gasteiger partial charge in [-0.2, -0.15) is 0 Å². The van der Waals surface area contributed by atoms with Crippen LogP contribution in [0.25, 0.3) is 0 Å². The SMILES string of the molecule is CNC1CCC(C(C)(C)C)CC1N1CCOC2CCCC21. The lowest BCUT2D eigenvalue weighted by molar-refractivity contribution is -0.0882. The summed E-state index contributed by atoms with van der Waals surface area (Å²) in [4.78, 5) is 2.83. The maximum Gasteiger partial charge on any atom is 0.0731 e. The number of fused-ring (bicyclic) bond motifs is 1. The second-order valence-electron chi connectivity index (χ2n) is 8.48. The van der Waals surface area contributed by atoms with E-state index in [4.69, 9.17) is 4.74 Å². The number of likely N-dealkylation sites (N-methyl/N-ethyl adjacent to an activating group) is 1. The zero-order valence-corrected chi connectivity index (χ0v) is 14.4. The van der Waals surface area contributed by atoms with E-state index in [1.165, 1.54) is 38.5 Å². The van der Waals surface area contributed by atoms with Crippen LogP contribution in [0.15, 0.2) is 0 Å². The lowest BCUT2D eigenvalue weighted by atomic mass is 9.69. The average Bonchev–Trinajstić information content (AvgIpc) is 2.94. The maximum absolute atomic E-state index is 6.02. The molecule has 1 heterocycles. The van der Waals surface area contributed by atoms with Crippen molar-refractivity contribution in [3.8, 4) is 0 Å². The first-order chi connectivity index (χ1) is 10.0. The quantitative estimate of drug-likeness (QED) is 0.847. The topological polar surface area (TPSA) is 24.5 Å². The second-order valence-corrected chi connectivity index (χ2v) is 8.48. The van der Waals surface area contributed by atoms with Crippen LogP contribution in [-0.4, -0.2) is 49.3 Å². The van der Waals surface area contributed by atoms with Gasteiger partial charge in [0.25, 0.3) is 0 Å². The van der Waals surface area contributed by atoms with Crippen molar-refractivity contribution >= 4 is 0 Å². The Morgan fingerprint density at radius 2 is 1.86 bits per heavy atom. The van der Waals surface area contributed by atoms with Crippen molar-refractivity contribution in [1.29, 1.82) is 0 Å². The van der Waals surface area contributed by atoms with Crippen molar-refractivity contribution in [1.82, 2.24) is 10.2 Å². The third-order valence-corrected chi connectivity index (χ3v) is 6.36. The van der Waals surface area contributed by atoms with Crippen molar-refractivity contribution in [2.45, 2.75) is 83.5 Å². The van der Waals surface area contributed by atoms with E-state index in [1.54, 1.807) is 0 Å². The Balaban J connectivity index is 1.76. The van der Waals surface area contributed by atoms with Crippen molar-refractivity contribution in [2.24, 2.45) is 11.3 Å². The van der Waals surface area contributed by atoms with Crippen LogP contribution in [0.1, 0.15) is 59.3 Å². The van der Waals surface area contributed by atoms with E-state index in [-0.39, 0.29) is 0 Å². The fraction of sp³-hybridized carbons (Fsp3) is 1.00. The van der Waals surface area contributed by atoms with E-state index in [1.807, 2.05) is 0 Å². The molecule has 2 saturated carbocycles. The lowest BCUT2D eigenvalue weighted by Gasteiger charge is -2.50. The molecule has 5 unspecified atom stereocenters. The number of hydrogen-bond acceptors (Lipinski definition) is 3. The number of ether oxygens (including phenoxy) is 1. The molecule has 0 bridgehead atoms. The van der Waals surface area contributed by atoms with E-state index in [0.717, 1.165) is 19.1 Å². The summed E-state index contributed by atoms with van der Waals surface area (Å²) < 4.78 is 6.02. The van der Waals surface area contributed by atoms with E-state index in [9.17, 15) is 0 Å². The van der Waals surface area contributed by atoms with Crippen LogP contribution in [0.4, 0.5) is 0 Å². The van der Waals surface area contributed by atoms with E-state index >= 15 is 0 Å². The minimum absolute atomic E-state index is 0.443. The van der Waals surface area contributed by atoms with Gasteiger partial charge in [-0.15, -0.1) is 0 Å². The zero-order chi connectivity index (χ0) is 15.0. The molecule has 122 valence electrons. The van der Waals surface area contributed by atoms with E-state index in [2.05, 4.69) is 38.0 Å². The highest BCUT2D eigenvalue weighted by molar-refractivity contribution is 4.99. The Labute approximate surface area is 130 Å². The van der Waals surface area contributed by atoms with Gasteiger partial charge in [-0.1, -0.05) is 20.8 Å². The first-order valence-electron chi connectivity index (χ1n) is 9.05. The van der Waals surface area contributed by atoms with Crippen LogP contribution in [0.5, 0.6) is 0 Å². The summed E-state index contributed by atoms with van der Waals surface area (Å²) in [5.74, 6) is 0.856. The summed E-state index contributed by atoms with van der Waals surface area (Å²) in [6.07, 6.45) is 8.57. The molecule has 3 nitrogen and oxygen atoms in total. The molecule has 3 aliphatic rings. The molecular formula is C18H34N2O. The molecule has 0 spiro atoms. The van der Waals surface area contributed by atoms with Gasteiger partial charge in [0.1, 0.15) is 0 Å².